The zero-order chi connectivity index (χ0) is 25.2. The summed E-state index contributed by atoms with van der Waals surface area (Å²) in [6.07, 6.45) is -4.08. The molecule has 0 unspecified atom stereocenters. The van der Waals surface area contributed by atoms with Crippen molar-refractivity contribution < 1.29 is 31.1 Å². The van der Waals surface area contributed by atoms with Gasteiger partial charge in [0.25, 0.3) is 6.43 Å². The molecule has 12 heteroatoms. The first-order valence-corrected chi connectivity index (χ1v) is 10.2. The Morgan fingerprint density at radius 1 is 0.943 bits per heavy atom. The van der Waals surface area contributed by atoms with Crippen LogP contribution in [0.25, 0.3) is 22.0 Å². The lowest BCUT2D eigenvalue weighted by molar-refractivity contribution is -0.145. The Kier molecular flexibility index (Phi) is 6.72. The first kappa shape index (κ1) is 24.2. The lowest BCUT2D eigenvalue weighted by atomic mass is 10.0. The number of hydrogen-bond acceptors (Lipinski definition) is 6. The summed E-state index contributed by atoms with van der Waals surface area (Å²) in [7, 11) is 0. The normalized spacial score (nSPS) is 12.7. The number of hydrogen-bond donors (Lipinski definition) is 1. The number of benzene rings is 2. The summed E-state index contributed by atoms with van der Waals surface area (Å²) >= 11 is 0. The summed E-state index contributed by atoms with van der Waals surface area (Å²) in [6, 6.07) is 8.17. The smallest absolute Gasteiger partial charge is 0.451 e. The van der Waals surface area contributed by atoms with E-state index in [-0.39, 0.29) is 17.1 Å². The molecule has 1 N–H and O–H groups in total. The lowest BCUT2D eigenvalue weighted by Gasteiger charge is -2.18. The predicted octanol–water partition coefficient (Wildman–Crippen LogP) is 6.06. The molecule has 0 saturated heterocycles. The average molecular weight is 493 g/mol. The average Bonchev–Trinajstić information content (AvgIpc) is 2.82. The maximum absolute atomic E-state index is 13.4. The Labute approximate surface area is 195 Å². The molecule has 182 valence electrons. The molecular formula is C23H17F6N5O. The minimum Gasteiger partial charge on any atom is -0.485 e. The van der Waals surface area contributed by atoms with Crippen LogP contribution in [0.2, 0.25) is 0 Å². The summed E-state index contributed by atoms with van der Waals surface area (Å²) < 4.78 is 82.6. The van der Waals surface area contributed by atoms with Crippen LogP contribution >= 0.6 is 0 Å². The molecule has 2 aromatic heterocycles. The van der Waals surface area contributed by atoms with E-state index in [2.05, 4.69) is 25.3 Å². The van der Waals surface area contributed by atoms with E-state index < -0.39 is 36.9 Å². The van der Waals surface area contributed by atoms with E-state index in [4.69, 9.17) is 4.74 Å². The molecule has 0 bridgehead atoms. The van der Waals surface area contributed by atoms with Crippen molar-refractivity contribution in [2.45, 2.75) is 25.6 Å². The van der Waals surface area contributed by atoms with Crippen molar-refractivity contribution in [2.75, 3.05) is 11.9 Å². The largest absolute Gasteiger partial charge is 0.485 e. The number of nitrogens with zero attached hydrogens (tertiary/aromatic N) is 4. The molecule has 0 radical (unpaired) electrons. The molecule has 0 aliphatic carbocycles. The molecule has 0 amide bonds. The van der Waals surface area contributed by atoms with Gasteiger partial charge in [0.2, 0.25) is 5.82 Å². The molecule has 0 fully saturated rings. The highest BCUT2D eigenvalue weighted by Crippen LogP contribution is 2.35. The maximum atomic E-state index is 13.4. The SMILES string of the molecule is C[C@@H](Nc1ncnc2c(OCC(F)F)cc(-c3ccc(F)cc3)cc12)c1cnc(C(F)(F)F)nc1. The zero-order valence-electron chi connectivity index (χ0n) is 18.0. The minimum absolute atomic E-state index is 0.0677. The van der Waals surface area contributed by atoms with Gasteiger partial charge in [-0.25, -0.2) is 33.1 Å². The number of aromatic nitrogens is 4. The van der Waals surface area contributed by atoms with Crippen LogP contribution in [0.3, 0.4) is 0 Å². The summed E-state index contributed by atoms with van der Waals surface area (Å²) in [6.45, 7) is 0.798. The van der Waals surface area contributed by atoms with Crippen LogP contribution in [0, 0.1) is 5.82 Å². The summed E-state index contributed by atoms with van der Waals surface area (Å²) in [5, 5.41) is 3.46. The Hall–Kier alpha value is -3.96. The molecule has 0 saturated carbocycles. The van der Waals surface area contributed by atoms with Gasteiger partial charge < -0.3 is 10.1 Å². The number of halogens is 6. The number of ether oxygens (including phenoxy) is 1. The van der Waals surface area contributed by atoms with E-state index in [1.807, 2.05) is 0 Å². The van der Waals surface area contributed by atoms with Gasteiger partial charge in [0.1, 0.15) is 35.8 Å². The molecule has 1 atom stereocenters. The molecular weight excluding hydrogens is 476 g/mol. The van der Waals surface area contributed by atoms with Crippen molar-refractivity contribution in [3.63, 3.8) is 0 Å². The molecule has 0 aliphatic heterocycles. The minimum atomic E-state index is -4.66. The Balaban J connectivity index is 1.74. The number of nitrogens with one attached hydrogen (secondary N) is 1. The summed E-state index contributed by atoms with van der Waals surface area (Å²) in [5.74, 6) is -1.36. The van der Waals surface area contributed by atoms with Crippen LogP contribution in [-0.4, -0.2) is 33.0 Å². The molecule has 4 aromatic rings. The summed E-state index contributed by atoms with van der Waals surface area (Å²) in [4.78, 5) is 15.1. The Bertz CT molecular complexity index is 1310. The van der Waals surface area contributed by atoms with Gasteiger partial charge in [-0.1, -0.05) is 12.1 Å². The van der Waals surface area contributed by atoms with Gasteiger partial charge in [-0.05, 0) is 42.3 Å². The summed E-state index contributed by atoms with van der Waals surface area (Å²) in [5.41, 5.74) is 1.72. The first-order valence-electron chi connectivity index (χ1n) is 10.2. The fraction of sp³-hybridized carbons (Fsp3) is 0.217. The number of anilines is 1. The van der Waals surface area contributed by atoms with Crippen LogP contribution in [-0.2, 0) is 6.18 Å². The molecule has 35 heavy (non-hydrogen) atoms. The second kappa shape index (κ2) is 9.72. The third kappa shape index (κ3) is 5.58. The highest BCUT2D eigenvalue weighted by Gasteiger charge is 2.34. The quantitative estimate of drug-likeness (QED) is 0.316. The van der Waals surface area contributed by atoms with Crippen LogP contribution in [0.4, 0.5) is 32.2 Å². The molecule has 2 aromatic carbocycles. The van der Waals surface area contributed by atoms with E-state index in [0.29, 0.717) is 22.1 Å². The Morgan fingerprint density at radius 3 is 2.26 bits per heavy atom. The van der Waals surface area contributed by atoms with Crippen molar-refractivity contribution in [2.24, 2.45) is 0 Å². The van der Waals surface area contributed by atoms with E-state index >= 15 is 0 Å². The number of alkyl halides is 5. The standard InChI is InChI=1S/C23H17F6N5O/c1-12(15-8-30-22(31-9-15)23(27,28)29)34-21-17-6-14(13-2-4-16(24)5-3-13)7-18(35-10-19(25)26)20(17)32-11-33-21/h2-9,11-12,19H,10H2,1H3,(H,32,33,34)/t12-/m1/s1. The van der Waals surface area contributed by atoms with Crippen LogP contribution in [0.5, 0.6) is 5.75 Å². The zero-order valence-corrected chi connectivity index (χ0v) is 18.0. The lowest BCUT2D eigenvalue weighted by Crippen LogP contribution is -2.14. The van der Waals surface area contributed by atoms with E-state index in [1.54, 1.807) is 13.0 Å². The third-order valence-corrected chi connectivity index (χ3v) is 5.02. The van der Waals surface area contributed by atoms with Crippen molar-refractivity contribution in [1.29, 1.82) is 0 Å². The second-order valence-electron chi connectivity index (χ2n) is 7.51. The molecule has 2 heterocycles. The van der Waals surface area contributed by atoms with Gasteiger partial charge in [0, 0.05) is 23.3 Å². The number of rotatable bonds is 7. The van der Waals surface area contributed by atoms with Gasteiger partial charge in [-0.3, -0.25) is 0 Å². The highest BCUT2D eigenvalue weighted by atomic mass is 19.4. The van der Waals surface area contributed by atoms with Crippen LogP contribution in [0.15, 0.2) is 55.1 Å². The van der Waals surface area contributed by atoms with E-state index in [0.717, 1.165) is 12.4 Å². The second-order valence-corrected chi connectivity index (χ2v) is 7.51. The highest BCUT2D eigenvalue weighted by molar-refractivity contribution is 5.96. The molecule has 4 rings (SSSR count). The predicted molar refractivity (Wildman–Crippen MR) is 116 cm³/mol. The van der Waals surface area contributed by atoms with Crippen LogP contribution < -0.4 is 10.1 Å². The maximum Gasteiger partial charge on any atom is 0.451 e. The van der Waals surface area contributed by atoms with Crippen molar-refractivity contribution in [3.8, 4) is 16.9 Å². The fourth-order valence-corrected chi connectivity index (χ4v) is 3.32. The third-order valence-electron chi connectivity index (χ3n) is 5.02. The first-order chi connectivity index (χ1) is 16.6. The monoisotopic (exact) mass is 493 g/mol. The topological polar surface area (TPSA) is 72.8 Å². The van der Waals surface area contributed by atoms with Gasteiger partial charge >= 0.3 is 6.18 Å². The van der Waals surface area contributed by atoms with Crippen molar-refractivity contribution >= 4 is 16.7 Å². The number of fused-ring (bicyclic) bond motifs is 1. The van der Waals surface area contributed by atoms with Gasteiger partial charge in [0.05, 0.1) is 6.04 Å². The van der Waals surface area contributed by atoms with Crippen molar-refractivity contribution in [3.05, 3.63) is 72.3 Å². The fourth-order valence-electron chi connectivity index (χ4n) is 3.32. The molecule has 0 spiro atoms. The van der Waals surface area contributed by atoms with Gasteiger partial charge in [0.15, 0.2) is 0 Å². The molecule has 0 aliphatic rings. The van der Waals surface area contributed by atoms with Gasteiger partial charge in [-0.15, -0.1) is 0 Å². The van der Waals surface area contributed by atoms with E-state index in [9.17, 15) is 26.3 Å². The van der Waals surface area contributed by atoms with E-state index in [1.165, 1.54) is 36.7 Å². The molecule has 6 nitrogen and oxygen atoms in total. The van der Waals surface area contributed by atoms with Crippen molar-refractivity contribution in [1.82, 2.24) is 19.9 Å². The Morgan fingerprint density at radius 2 is 1.63 bits per heavy atom. The van der Waals surface area contributed by atoms with Gasteiger partial charge in [-0.2, -0.15) is 13.2 Å². The van der Waals surface area contributed by atoms with Crippen LogP contribution in [0.1, 0.15) is 24.4 Å².